The van der Waals surface area contributed by atoms with Gasteiger partial charge in [0.05, 0.1) is 16.9 Å². The first-order valence-corrected chi connectivity index (χ1v) is 9.22. The number of nitriles is 1. The second-order valence-corrected chi connectivity index (χ2v) is 7.60. The highest BCUT2D eigenvalue weighted by Crippen LogP contribution is 2.47. The summed E-state index contributed by atoms with van der Waals surface area (Å²) in [4.78, 5) is 3.94. The quantitative estimate of drug-likeness (QED) is 0.838. The zero-order valence-corrected chi connectivity index (χ0v) is 13.9. The Bertz CT molecular complexity index is 726. The summed E-state index contributed by atoms with van der Waals surface area (Å²) in [7, 11) is 0. The lowest BCUT2D eigenvalue weighted by atomic mass is 10.1. The lowest BCUT2D eigenvalue weighted by molar-refractivity contribution is 0.247. The number of fused-ring (bicyclic) bond motifs is 1. The Morgan fingerprint density at radius 3 is 2.48 bits per heavy atom. The lowest BCUT2D eigenvalue weighted by Crippen LogP contribution is -2.35. The van der Waals surface area contributed by atoms with E-state index < -0.39 is 0 Å². The Balaban J connectivity index is 1.62. The van der Waals surface area contributed by atoms with Gasteiger partial charge in [-0.25, -0.2) is 0 Å². The first-order chi connectivity index (χ1) is 11.3. The fourth-order valence-electron chi connectivity index (χ4n) is 3.83. The molecule has 2 atom stereocenters. The number of benzene rings is 2. The predicted octanol–water partition coefficient (Wildman–Crippen LogP) is 4.41. The molecule has 0 amide bonds. The molecule has 2 aromatic rings. The number of hydrogen-bond acceptors (Lipinski definition) is 3. The molecule has 0 bridgehead atoms. The van der Waals surface area contributed by atoms with E-state index in [9.17, 15) is 0 Å². The third-order valence-corrected chi connectivity index (χ3v) is 6.36. The minimum Gasteiger partial charge on any atom is -0.299 e. The molecule has 0 aromatic heterocycles. The molecule has 1 unspecified atom stereocenters. The van der Waals surface area contributed by atoms with Gasteiger partial charge >= 0.3 is 0 Å². The number of nitrogens with zero attached hydrogens (tertiary/aromatic N) is 2. The van der Waals surface area contributed by atoms with Gasteiger partial charge in [0.2, 0.25) is 0 Å². The Labute approximate surface area is 142 Å². The second kappa shape index (κ2) is 6.39. The molecule has 23 heavy (non-hydrogen) atoms. The van der Waals surface area contributed by atoms with Gasteiger partial charge in [-0.05, 0) is 67.7 Å². The SMILES string of the molecule is N#Cc1ccc(SC2c3ccccc3C[C@@H]2N2CCCC2)cc1. The standard InChI is InChI=1S/C20H20N2S/c21-14-15-7-9-17(10-8-15)23-20-18-6-2-1-5-16(18)13-19(20)22-11-3-4-12-22/h1-2,5-10,19-20H,3-4,11-13H2/t19-,20?/m0/s1. The van der Waals surface area contributed by atoms with Gasteiger partial charge in [-0.15, -0.1) is 11.8 Å². The zero-order chi connectivity index (χ0) is 15.6. The van der Waals surface area contributed by atoms with Crippen LogP contribution >= 0.6 is 11.8 Å². The monoisotopic (exact) mass is 320 g/mol. The van der Waals surface area contributed by atoms with Crippen LogP contribution in [0.5, 0.6) is 0 Å². The summed E-state index contributed by atoms with van der Waals surface area (Å²) in [5, 5.41) is 9.46. The highest BCUT2D eigenvalue weighted by atomic mass is 32.2. The number of thioether (sulfide) groups is 1. The Morgan fingerprint density at radius 2 is 1.74 bits per heavy atom. The molecule has 2 nitrogen and oxygen atoms in total. The van der Waals surface area contributed by atoms with E-state index in [0.717, 1.165) is 5.56 Å². The summed E-state index contributed by atoms with van der Waals surface area (Å²) in [6, 6.07) is 19.7. The van der Waals surface area contributed by atoms with E-state index in [0.29, 0.717) is 11.3 Å². The third-order valence-electron chi connectivity index (χ3n) is 5.00. The second-order valence-electron chi connectivity index (χ2n) is 6.39. The van der Waals surface area contributed by atoms with Crippen molar-refractivity contribution in [2.45, 2.75) is 35.4 Å². The van der Waals surface area contributed by atoms with Crippen LogP contribution in [0.15, 0.2) is 53.4 Å². The molecule has 2 aliphatic rings. The van der Waals surface area contributed by atoms with E-state index in [-0.39, 0.29) is 0 Å². The number of rotatable bonds is 3. The summed E-state index contributed by atoms with van der Waals surface area (Å²) < 4.78 is 0. The summed E-state index contributed by atoms with van der Waals surface area (Å²) in [5.41, 5.74) is 3.74. The Hall–Kier alpha value is -1.76. The van der Waals surface area contributed by atoms with Crippen LogP contribution in [0, 0.1) is 11.3 Å². The molecule has 1 aliphatic carbocycles. The molecule has 0 radical (unpaired) electrons. The molecule has 2 aromatic carbocycles. The van der Waals surface area contributed by atoms with Gasteiger partial charge in [0.25, 0.3) is 0 Å². The maximum Gasteiger partial charge on any atom is 0.0991 e. The third kappa shape index (κ3) is 2.89. The van der Waals surface area contributed by atoms with E-state index in [1.165, 1.54) is 48.4 Å². The Kier molecular flexibility index (Phi) is 4.11. The summed E-state index contributed by atoms with van der Waals surface area (Å²) in [6.07, 6.45) is 3.84. The molecular weight excluding hydrogens is 300 g/mol. The van der Waals surface area contributed by atoms with Crippen molar-refractivity contribution < 1.29 is 0 Å². The van der Waals surface area contributed by atoms with Gasteiger partial charge < -0.3 is 0 Å². The van der Waals surface area contributed by atoms with Crippen molar-refractivity contribution in [1.29, 1.82) is 5.26 Å². The van der Waals surface area contributed by atoms with Gasteiger partial charge in [-0.1, -0.05) is 24.3 Å². The summed E-state index contributed by atoms with van der Waals surface area (Å²) >= 11 is 1.96. The van der Waals surface area contributed by atoms with Gasteiger partial charge in [0.15, 0.2) is 0 Å². The van der Waals surface area contributed by atoms with Crippen LogP contribution in [0.25, 0.3) is 0 Å². The highest BCUT2D eigenvalue weighted by Gasteiger charge is 2.37. The highest BCUT2D eigenvalue weighted by molar-refractivity contribution is 7.99. The van der Waals surface area contributed by atoms with Crippen molar-refractivity contribution in [2.75, 3.05) is 13.1 Å². The van der Waals surface area contributed by atoms with E-state index in [1.54, 1.807) is 0 Å². The first-order valence-electron chi connectivity index (χ1n) is 8.34. The van der Waals surface area contributed by atoms with Crippen LogP contribution in [0.1, 0.15) is 34.8 Å². The van der Waals surface area contributed by atoms with Crippen molar-refractivity contribution in [3.05, 3.63) is 65.2 Å². The minimum absolute atomic E-state index is 0.497. The fraction of sp³-hybridized carbons (Fsp3) is 0.350. The molecule has 0 N–H and O–H groups in total. The van der Waals surface area contributed by atoms with Crippen LogP contribution in [-0.2, 0) is 6.42 Å². The molecule has 116 valence electrons. The van der Waals surface area contributed by atoms with Crippen LogP contribution in [0.2, 0.25) is 0 Å². The van der Waals surface area contributed by atoms with Crippen molar-refractivity contribution >= 4 is 11.8 Å². The molecule has 1 aliphatic heterocycles. The zero-order valence-electron chi connectivity index (χ0n) is 13.1. The van der Waals surface area contributed by atoms with Crippen molar-refractivity contribution in [3.63, 3.8) is 0 Å². The molecule has 0 spiro atoms. The van der Waals surface area contributed by atoms with Gasteiger partial charge in [0, 0.05) is 10.9 Å². The predicted molar refractivity (Wildman–Crippen MR) is 94.5 cm³/mol. The largest absolute Gasteiger partial charge is 0.299 e. The molecule has 1 heterocycles. The summed E-state index contributed by atoms with van der Waals surface area (Å²) in [5.74, 6) is 0. The normalized spacial score (nSPS) is 23.6. The number of likely N-dealkylation sites (tertiary alicyclic amines) is 1. The smallest absolute Gasteiger partial charge is 0.0991 e. The molecule has 1 saturated heterocycles. The summed E-state index contributed by atoms with van der Waals surface area (Å²) in [6.45, 7) is 2.48. The molecule has 0 saturated carbocycles. The molecule has 3 heteroatoms. The molecule has 4 rings (SSSR count). The van der Waals surface area contributed by atoms with Crippen molar-refractivity contribution in [3.8, 4) is 6.07 Å². The lowest BCUT2D eigenvalue weighted by Gasteiger charge is -2.29. The fourth-order valence-corrected chi connectivity index (χ4v) is 5.20. The van der Waals surface area contributed by atoms with E-state index >= 15 is 0 Å². The van der Waals surface area contributed by atoms with Crippen LogP contribution in [0.3, 0.4) is 0 Å². The topological polar surface area (TPSA) is 27.0 Å². The van der Waals surface area contributed by atoms with E-state index in [1.807, 2.05) is 23.9 Å². The van der Waals surface area contributed by atoms with Crippen LogP contribution < -0.4 is 0 Å². The first kappa shape index (κ1) is 14.8. The average Bonchev–Trinajstić information content (AvgIpc) is 3.24. The minimum atomic E-state index is 0.497. The maximum absolute atomic E-state index is 8.97. The van der Waals surface area contributed by atoms with Crippen molar-refractivity contribution in [2.24, 2.45) is 0 Å². The molecule has 1 fully saturated rings. The van der Waals surface area contributed by atoms with E-state index in [4.69, 9.17) is 5.26 Å². The number of hydrogen-bond donors (Lipinski definition) is 0. The van der Waals surface area contributed by atoms with Crippen molar-refractivity contribution in [1.82, 2.24) is 4.90 Å². The van der Waals surface area contributed by atoms with Gasteiger partial charge in [-0.2, -0.15) is 5.26 Å². The van der Waals surface area contributed by atoms with Gasteiger partial charge in [-0.3, -0.25) is 4.90 Å². The van der Waals surface area contributed by atoms with E-state index in [2.05, 4.69) is 47.4 Å². The average molecular weight is 320 g/mol. The van der Waals surface area contributed by atoms with Crippen LogP contribution in [-0.4, -0.2) is 24.0 Å². The Morgan fingerprint density at radius 1 is 1.00 bits per heavy atom. The van der Waals surface area contributed by atoms with Crippen LogP contribution in [0.4, 0.5) is 0 Å². The van der Waals surface area contributed by atoms with Gasteiger partial charge in [0.1, 0.15) is 0 Å². The maximum atomic E-state index is 8.97. The molecular formula is C20H20N2S.